The molecule has 1 fully saturated rings. The second kappa shape index (κ2) is 12.6. The summed E-state index contributed by atoms with van der Waals surface area (Å²) in [4.78, 5) is 15.2. The molecule has 3 N–H and O–H groups in total. The van der Waals surface area contributed by atoms with E-state index in [1.165, 1.54) is 37.4 Å². The van der Waals surface area contributed by atoms with Gasteiger partial charge in [0.25, 0.3) is 26.0 Å². The Kier molecular flexibility index (Phi) is 8.84. The second-order valence-corrected chi connectivity index (χ2v) is 13.9. The van der Waals surface area contributed by atoms with Crippen LogP contribution in [0.3, 0.4) is 0 Å². The Labute approximate surface area is 258 Å². The molecule has 0 aromatic heterocycles. The van der Waals surface area contributed by atoms with E-state index in [1.807, 2.05) is 30.9 Å². The molecule has 5 rings (SSSR count). The monoisotopic (exact) mass is 634 g/mol. The quantitative estimate of drug-likeness (QED) is 0.202. The molecule has 10 nitrogen and oxygen atoms in total. The zero-order chi connectivity index (χ0) is 31.5. The molecule has 4 aromatic carbocycles. The minimum Gasteiger partial charge on any atom is -0.495 e. The van der Waals surface area contributed by atoms with Crippen molar-refractivity contribution < 1.29 is 26.4 Å². The van der Waals surface area contributed by atoms with Crippen LogP contribution in [0.5, 0.6) is 5.75 Å². The SMILES string of the molecule is COc1ccccc1NS(=O)(=O)c1cc(NC(=O)c2cccc(S(=O)(=O)Nc3ccc(C)cc3C)c2)ccc1N1CCCC1. The van der Waals surface area contributed by atoms with Gasteiger partial charge in [-0.3, -0.25) is 14.2 Å². The maximum absolute atomic E-state index is 13.7. The van der Waals surface area contributed by atoms with E-state index in [9.17, 15) is 21.6 Å². The van der Waals surface area contributed by atoms with Gasteiger partial charge in [-0.25, -0.2) is 16.8 Å². The number of amides is 1. The number of ether oxygens (including phenoxy) is 1. The zero-order valence-electron chi connectivity index (χ0n) is 24.6. The van der Waals surface area contributed by atoms with Crippen molar-refractivity contribution in [3.8, 4) is 5.75 Å². The summed E-state index contributed by atoms with van der Waals surface area (Å²) in [5.41, 5.74) is 3.35. The predicted molar refractivity (Wildman–Crippen MR) is 173 cm³/mol. The van der Waals surface area contributed by atoms with Gasteiger partial charge in [-0.1, -0.05) is 35.9 Å². The minimum absolute atomic E-state index is 0.00268. The largest absolute Gasteiger partial charge is 0.495 e. The highest BCUT2D eigenvalue weighted by Gasteiger charge is 2.26. The molecule has 0 radical (unpaired) electrons. The van der Waals surface area contributed by atoms with Crippen LogP contribution < -0.4 is 24.4 Å². The standard InChI is InChI=1S/C32H34N4O6S2/c1-22-13-15-27(23(2)19-22)34-43(38,39)26-10-8-9-24(20-26)32(37)33-25-14-16-29(36-17-6-7-18-36)31(21-25)44(40,41)35-28-11-4-5-12-30(28)42-3/h4-5,8-16,19-21,34-35H,6-7,17-18H2,1-3H3,(H,33,37). The van der Waals surface area contributed by atoms with Crippen molar-refractivity contribution in [3.05, 3.63) is 102 Å². The molecule has 1 heterocycles. The number of benzene rings is 4. The van der Waals surface area contributed by atoms with Crippen LogP contribution in [0.25, 0.3) is 0 Å². The summed E-state index contributed by atoms with van der Waals surface area (Å²) < 4.78 is 64.3. The van der Waals surface area contributed by atoms with Crippen LogP contribution in [0.1, 0.15) is 34.3 Å². The van der Waals surface area contributed by atoms with Gasteiger partial charge in [0.15, 0.2) is 0 Å². The maximum Gasteiger partial charge on any atom is 0.264 e. The number of nitrogens with one attached hydrogen (secondary N) is 3. The number of nitrogens with zero attached hydrogens (tertiary/aromatic N) is 1. The average Bonchev–Trinajstić information content (AvgIpc) is 3.54. The van der Waals surface area contributed by atoms with E-state index >= 15 is 0 Å². The van der Waals surface area contributed by atoms with E-state index in [-0.39, 0.29) is 26.7 Å². The smallest absolute Gasteiger partial charge is 0.264 e. The fraction of sp³-hybridized carbons (Fsp3) is 0.219. The summed E-state index contributed by atoms with van der Waals surface area (Å²) >= 11 is 0. The van der Waals surface area contributed by atoms with E-state index in [0.717, 1.165) is 24.0 Å². The van der Waals surface area contributed by atoms with Crippen LogP contribution >= 0.6 is 0 Å². The first-order valence-electron chi connectivity index (χ1n) is 14.0. The van der Waals surface area contributed by atoms with Crippen molar-refractivity contribution in [2.24, 2.45) is 0 Å². The van der Waals surface area contributed by atoms with Crippen LogP contribution in [-0.4, -0.2) is 42.9 Å². The highest BCUT2D eigenvalue weighted by atomic mass is 32.2. The van der Waals surface area contributed by atoms with Gasteiger partial charge >= 0.3 is 0 Å². The number of hydrogen-bond acceptors (Lipinski definition) is 7. The molecule has 0 atom stereocenters. The Bertz CT molecular complexity index is 1920. The number of aryl methyl sites for hydroxylation is 2. The third-order valence-corrected chi connectivity index (χ3v) is 10.1. The molecule has 12 heteroatoms. The lowest BCUT2D eigenvalue weighted by Crippen LogP contribution is -2.23. The van der Waals surface area contributed by atoms with Gasteiger partial charge in [0, 0.05) is 24.3 Å². The van der Waals surface area contributed by atoms with Crippen LogP contribution in [-0.2, 0) is 20.0 Å². The van der Waals surface area contributed by atoms with Gasteiger partial charge in [0.1, 0.15) is 10.6 Å². The van der Waals surface area contributed by atoms with Crippen LogP contribution in [0.2, 0.25) is 0 Å². The van der Waals surface area contributed by atoms with E-state index in [2.05, 4.69) is 14.8 Å². The zero-order valence-corrected chi connectivity index (χ0v) is 26.3. The fourth-order valence-corrected chi connectivity index (χ4v) is 7.59. The molecule has 1 saturated heterocycles. The number of hydrogen-bond donors (Lipinski definition) is 3. The van der Waals surface area contributed by atoms with Gasteiger partial charge < -0.3 is 15.0 Å². The molecule has 44 heavy (non-hydrogen) atoms. The van der Waals surface area contributed by atoms with E-state index in [0.29, 0.717) is 30.2 Å². The molecule has 1 aliphatic heterocycles. The van der Waals surface area contributed by atoms with Crippen molar-refractivity contribution in [1.82, 2.24) is 0 Å². The third-order valence-electron chi connectivity index (χ3n) is 7.34. The highest BCUT2D eigenvalue weighted by Crippen LogP contribution is 2.34. The molecule has 4 aromatic rings. The molecule has 1 amide bonds. The van der Waals surface area contributed by atoms with Crippen molar-refractivity contribution in [1.29, 1.82) is 0 Å². The van der Waals surface area contributed by atoms with Gasteiger partial charge in [-0.05, 0) is 86.8 Å². The molecular weight excluding hydrogens is 601 g/mol. The van der Waals surface area contributed by atoms with E-state index in [1.54, 1.807) is 42.5 Å². The topological polar surface area (TPSA) is 134 Å². The fourth-order valence-electron chi connectivity index (χ4n) is 5.09. The molecule has 1 aliphatic rings. The van der Waals surface area contributed by atoms with Gasteiger partial charge in [-0.15, -0.1) is 0 Å². The van der Waals surface area contributed by atoms with Crippen molar-refractivity contribution in [3.63, 3.8) is 0 Å². The van der Waals surface area contributed by atoms with Crippen molar-refractivity contribution in [2.75, 3.05) is 39.9 Å². The first-order valence-corrected chi connectivity index (χ1v) is 17.0. The molecule has 0 spiro atoms. The van der Waals surface area contributed by atoms with E-state index in [4.69, 9.17) is 4.74 Å². The van der Waals surface area contributed by atoms with Crippen molar-refractivity contribution >= 4 is 48.7 Å². The van der Waals surface area contributed by atoms with Gasteiger partial charge in [0.05, 0.1) is 29.1 Å². The normalized spacial score (nSPS) is 13.4. The lowest BCUT2D eigenvalue weighted by atomic mass is 10.1. The van der Waals surface area contributed by atoms with Crippen molar-refractivity contribution in [2.45, 2.75) is 36.5 Å². The van der Waals surface area contributed by atoms with Crippen LogP contribution in [0, 0.1) is 13.8 Å². The Morgan fingerprint density at radius 1 is 0.773 bits per heavy atom. The molecule has 0 saturated carbocycles. The lowest BCUT2D eigenvalue weighted by molar-refractivity contribution is 0.102. The number of para-hydroxylation sites is 2. The second-order valence-electron chi connectivity index (χ2n) is 10.6. The Balaban J connectivity index is 1.42. The van der Waals surface area contributed by atoms with Gasteiger partial charge in [0.2, 0.25) is 0 Å². The van der Waals surface area contributed by atoms with Gasteiger partial charge in [-0.2, -0.15) is 0 Å². The first-order chi connectivity index (χ1) is 21.0. The molecule has 0 aliphatic carbocycles. The maximum atomic E-state index is 13.7. The number of carbonyl (C=O) groups is 1. The number of anilines is 4. The Morgan fingerprint density at radius 3 is 2.23 bits per heavy atom. The molecule has 230 valence electrons. The molecule has 0 unspecified atom stereocenters. The average molecular weight is 635 g/mol. The summed E-state index contributed by atoms with van der Waals surface area (Å²) in [7, 11) is -6.64. The van der Waals surface area contributed by atoms with Crippen LogP contribution in [0.4, 0.5) is 22.7 Å². The summed E-state index contributed by atoms with van der Waals surface area (Å²) in [6.07, 6.45) is 1.88. The first kappa shape index (κ1) is 30.9. The highest BCUT2D eigenvalue weighted by molar-refractivity contribution is 7.93. The lowest BCUT2D eigenvalue weighted by Gasteiger charge is -2.23. The number of rotatable bonds is 10. The summed E-state index contributed by atoms with van der Waals surface area (Å²) in [6, 6.07) is 22.4. The number of methoxy groups -OCH3 is 1. The molecule has 0 bridgehead atoms. The predicted octanol–water partition coefficient (Wildman–Crippen LogP) is 5.77. The minimum atomic E-state index is -4.11. The third kappa shape index (κ3) is 6.81. The summed E-state index contributed by atoms with van der Waals surface area (Å²) in [5, 5.41) is 2.73. The van der Waals surface area contributed by atoms with E-state index < -0.39 is 26.0 Å². The molecular formula is C32H34N4O6S2. The summed E-state index contributed by atoms with van der Waals surface area (Å²) in [6.45, 7) is 5.15. The Morgan fingerprint density at radius 2 is 1.50 bits per heavy atom. The Hall–Kier alpha value is -4.55. The van der Waals surface area contributed by atoms with Crippen LogP contribution in [0.15, 0.2) is 94.7 Å². The number of carbonyl (C=O) groups excluding carboxylic acids is 1. The number of sulfonamides is 2. The summed E-state index contributed by atoms with van der Waals surface area (Å²) in [5.74, 6) is -0.228.